The number of carbonyl (C=O) groups excluding carboxylic acids is 1. The van der Waals surface area contributed by atoms with Crippen molar-refractivity contribution in [2.24, 2.45) is 0 Å². The van der Waals surface area contributed by atoms with E-state index < -0.39 is 17.9 Å². The summed E-state index contributed by atoms with van der Waals surface area (Å²) in [6.45, 7) is 5.61. The highest BCUT2D eigenvalue weighted by molar-refractivity contribution is 5.83. The molecule has 0 aromatic carbocycles. The third-order valence-corrected chi connectivity index (χ3v) is 3.58. The van der Waals surface area contributed by atoms with Crippen LogP contribution in [0.1, 0.15) is 78.6 Å². The lowest BCUT2D eigenvalue weighted by atomic mass is 10.0. The number of hydrogen-bond acceptors (Lipinski definition) is 4. The molecular weight excluding hydrogens is 268 g/mol. The fourth-order valence-electron chi connectivity index (χ4n) is 2.54. The van der Waals surface area contributed by atoms with Crippen molar-refractivity contribution in [2.75, 3.05) is 0 Å². The zero-order valence-corrected chi connectivity index (χ0v) is 13.7. The van der Waals surface area contributed by atoms with Crippen molar-refractivity contribution in [2.45, 2.75) is 90.4 Å². The second-order valence-corrected chi connectivity index (χ2v) is 6.30. The second-order valence-electron chi connectivity index (χ2n) is 6.30. The Hall–Kier alpha value is -1.03. The molecule has 4 heteroatoms. The Kier molecular flexibility index (Phi) is 7.79. The quantitative estimate of drug-likeness (QED) is 0.488. The molecule has 0 spiro atoms. The van der Waals surface area contributed by atoms with E-state index in [4.69, 9.17) is 9.47 Å². The Balaban J connectivity index is 2.16. The maximum atomic E-state index is 11.4. The molecule has 1 atom stereocenters. The lowest BCUT2D eigenvalue weighted by Crippen LogP contribution is -2.35. The molecular formula is C17H30O4. The Morgan fingerprint density at radius 1 is 1.10 bits per heavy atom. The Morgan fingerprint density at radius 3 is 2.33 bits per heavy atom. The number of esters is 1. The number of cyclic esters (lactones) is 1. The average Bonchev–Trinajstić information content (AvgIpc) is 2.35. The van der Waals surface area contributed by atoms with Gasteiger partial charge < -0.3 is 14.6 Å². The summed E-state index contributed by atoms with van der Waals surface area (Å²) in [6, 6.07) is 0. The molecule has 21 heavy (non-hydrogen) atoms. The highest BCUT2D eigenvalue weighted by Crippen LogP contribution is 2.25. The van der Waals surface area contributed by atoms with Gasteiger partial charge >= 0.3 is 5.97 Å². The summed E-state index contributed by atoms with van der Waals surface area (Å²) < 4.78 is 10.6. The lowest BCUT2D eigenvalue weighted by Gasteiger charge is -2.31. The molecule has 0 aliphatic carbocycles. The summed E-state index contributed by atoms with van der Waals surface area (Å²) in [5.74, 6) is -0.809. The van der Waals surface area contributed by atoms with Crippen LogP contribution >= 0.6 is 0 Å². The minimum absolute atomic E-state index is 0.383. The summed E-state index contributed by atoms with van der Waals surface area (Å²) in [5, 5.41) is 10.0. The molecule has 0 fully saturated rings. The first-order valence-electron chi connectivity index (χ1n) is 8.23. The summed E-state index contributed by atoms with van der Waals surface area (Å²) in [4.78, 5) is 11.4. The maximum absolute atomic E-state index is 11.4. The fourth-order valence-corrected chi connectivity index (χ4v) is 2.54. The zero-order valence-electron chi connectivity index (χ0n) is 13.7. The van der Waals surface area contributed by atoms with Crippen LogP contribution in [-0.2, 0) is 14.3 Å². The van der Waals surface area contributed by atoms with E-state index in [1.165, 1.54) is 38.2 Å². The van der Waals surface area contributed by atoms with E-state index in [-0.39, 0.29) is 0 Å². The van der Waals surface area contributed by atoms with E-state index in [1.54, 1.807) is 13.8 Å². The van der Waals surface area contributed by atoms with Gasteiger partial charge in [-0.1, -0.05) is 51.9 Å². The minimum Gasteiger partial charge on any atom is -0.457 e. The first kappa shape index (κ1) is 18.0. The number of hydrogen-bond donors (Lipinski definition) is 1. The highest BCUT2D eigenvalue weighted by Gasteiger charge is 2.30. The third-order valence-electron chi connectivity index (χ3n) is 3.58. The Bertz CT molecular complexity index is 347. The van der Waals surface area contributed by atoms with Gasteiger partial charge in [-0.2, -0.15) is 0 Å². The van der Waals surface area contributed by atoms with Gasteiger partial charge in [-0.15, -0.1) is 0 Å². The van der Waals surface area contributed by atoms with E-state index in [9.17, 15) is 9.90 Å². The van der Waals surface area contributed by atoms with Crippen molar-refractivity contribution in [3.05, 3.63) is 11.8 Å². The molecule has 0 saturated carbocycles. The standard InChI is InChI=1S/C17H30O4/c1-4-5-6-7-8-9-10-11-14(18)12-15-13-16(19)21-17(2,3)20-15/h13-14,18H,4-12H2,1-3H3/t14-/m0/s1. The van der Waals surface area contributed by atoms with E-state index >= 15 is 0 Å². The topological polar surface area (TPSA) is 55.8 Å². The van der Waals surface area contributed by atoms with Crippen LogP contribution in [0, 0.1) is 0 Å². The molecule has 0 unspecified atom stereocenters. The molecule has 1 aliphatic heterocycles. The van der Waals surface area contributed by atoms with Crippen LogP contribution in [-0.4, -0.2) is 23.0 Å². The minimum atomic E-state index is -0.930. The third kappa shape index (κ3) is 8.10. The number of ether oxygens (including phenoxy) is 2. The van der Waals surface area contributed by atoms with Gasteiger partial charge in [0.15, 0.2) is 0 Å². The van der Waals surface area contributed by atoms with Crippen LogP contribution in [0.5, 0.6) is 0 Å². The van der Waals surface area contributed by atoms with Crippen LogP contribution in [0.25, 0.3) is 0 Å². The molecule has 0 aromatic rings. The number of aliphatic hydroxyl groups is 1. The van der Waals surface area contributed by atoms with Crippen LogP contribution in [0.15, 0.2) is 11.8 Å². The maximum Gasteiger partial charge on any atom is 0.337 e. The van der Waals surface area contributed by atoms with Crippen LogP contribution < -0.4 is 0 Å². The molecule has 1 heterocycles. The predicted molar refractivity (Wildman–Crippen MR) is 82.6 cm³/mol. The summed E-state index contributed by atoms with van der Waals surface area (Å²) in [7, 11) is 0. The smallest absolute Gasteiger partial charge is 0.337 e. The van der Waals surface area contributed by atoms with Gasteiger partial charge in [-0.25, -0.2) is 4.79 Å². The lowest BCUT2D eigenvalue weighted by molar-refractivity contribution is -0.206. The molecule has 0 bridgehead atoms. The molecule has 0 aromatic heterocycles. The van der Waals surface area contributed by atoms with Crippen molar-refractivity contribution in [3.63, 3.8) is 0 Å². The molecule has 0 amide bonds. The monoisotopic (exact) mass is 298 g/mol. The average molecular weight is 298 g/mol. The van der Waals surface area contributed by atoms with Crippen molar-refractivity contribution in [1.82, 2.24) is 0 Å². The molecule has 1 rings (SSSR count). The van der Waals surface area contributed by atoms with Gasteiger partial charge in [0.2, 0.25) is 5.79 Å². The van der Waals surface area contributed by atoms with Crippen molar-refractivity contribution < 1.29 is 19.4 Å². The van der Waals surface area contributed by atoms with Crippen molar-refractivity contribution in [3.8, 4) is 0 Å². The normalized spacial score (nSPS) is 18.7. The van der Waals surface area contributed by atoms with Gasteiger partial charge in [-0.3, -0.25) is 0 Å². The molecule has 1 N–H and O–H groups in total. The Morgan fingerprint density at radius 2 is 1.71 bits per heavy atom. The zero-order chi connectivity index (χ0) is 15.7. The van der Waals surface area contributed by atoms with Gasteiger partial charge in [0, 0.05) is 20.3 Å². The van der Waals surface area contributed by atoms with Gasteiger partial charge in [0.1, 0.15) is 5.76 Å². The molecule has 122 valence electrons. The van der Waals surface area contributed by atoms with Crippen LogP contribution in [0.4, 0.5) is 0 Å². The number of carbonyl (C=O) groups is 1. The first-order chi connectivity index (χ1) is 9.93. The first-order valence-corrected chi connectivity index (χ1v) is 8.23. The largest absolute Gasteiger partial charge is 0.457 e. The summed E-state index contributed by atoms with van der Waals surface area (Å²) in [5.41, 5.74) is 0. The molecule has 1 aliphatic rings. The summed E-state index contributed by atoms with van der Waals surface area (Å²) in [6.07, 6.45) is 10.6. The van der Waals surface area contributed by atoms with Crippen LogP contribution in [0.2, 0.25) is 0 Å². The van der Waals surface area contributed by atoms with Gasteiger partial charge in [0.25, 0.3) is 0 Å². The number of rotatable bonds is 10. The Labute approximate surface area is 128 Å². The van der Waals surface area contributed by atoms with E-state index in [0.29, 0.717) is 12.2 Å². The van der Waals surface area contributed by atoms with Crippen molar-refractivity contribution >= 4 is 5.97 Å². The van der Waals surface area contributed by atoms with Crippen molar-refractivity contribution in [1.29, 1.82) is 0 Å². The fraction of sp³-hybridized carbons (Fsp3) is 0.824. The molecule has 4 nitrogen and oxygen atoms in total. The van der Waals surface area contributed by atoms with Gasteiger partial charge in [0.05, 0.1) is 12.2 Å². The molecule has 0 saturated heterocycles. The second kappa shape index (κ2) is 9.08. The number of unbranched alkanes of at least 4 members (excludes halogenated alkanes) is 6. The number of aliphatic hydroxyl groups excluding tert-OH is 1. The van der Waals surface area contributed by atoms with Crippen LogP contribution in [0.3, 0.4) is 0 Å². The highest BCUT2D eigenvalue weighted by atomic mass is 16.7. The SMILES string of the molecule is CCCCCCCCC[C@H](O)CC1=CC(=O)OC(C)(C)O1. The van der Waals surface area contributed by atoms with E-state index in [2.05, 4.69) is 6.92 Å². The predicted octanol–water partition coefficient (Wildman–Crippen LogP) is 4.07. The molecule has 0 radical (unpaired) electrons. The summed E-state index contributed by atoms with van der Waals surface area (Å²) >= 11 is 0. The van der Waals surface area contributed by atoms with E-state index in [0.717, 1.165) is 19.3 Å². The van der Waals surface area contributed by atoms with Gasteiger partial charge in [-0.05, 0) is 6.42 Å². The van der Waals surface area contributed by atoms with E-state index in [1.807, 2.05) is 0 Å².